The number of nitrogens with two attached hydrogens (primary N) is 1. The van der Waals surface area contributed by atoms with Crippen molar-refractivity contribution in [3.05, 3.63) is 0 Å². The molecule has 4 N–H and O–H groups in total. The Morgan fingerprint density at radius 3 is 2.57 bits per heavy atom. The Hall–Kier alpha value is -0.620. The van der Waals surface area contributed by atoms with Crippen molar-refractivity contribution in [1.29, 1.82) is 0 Å². The first-order valence-corrected chi connectivity index (χ1v) is 5.51. The number of hydrogen-bond acceptors (Lipinski definition) is 3. The molecule has 0 heterocycles. The van der Waals surface area contributed by atoms with E-state index in [1.165, 1.54) is 0 Å². The molecule has 0 saturated carbocycles. The molecule has 1 amide bonds. The molecule has 0 aromatic heterocycles. The number of carboxylic acids is 1. The van der Waals surface area contributed by atoms with Crippen LogP contribution in [-0.4, -0.2) is 34.9 Å². The minimum absolute atomic E-state index is 0.0625. The van der Waals surface area contributed by atoms with Gasteiger partial charge in [0.05, 0.1) is 5.33 Å². The van der Waals surface area contributed by atoms with Gasteiger partial charge in [0, 0.05) is 6.54 Å². The van der Waals surface area contributed by atoms with Gasteiger partial charge in [-0.15, -0.1) is 0 Å². The zero-order valence-electron chi connectivity index (χ0n) is 7.83. The zero-order valence-corrected chi connectivity index (χ0v) is 9.42. The van der Waals surface area contributed by atoms with Gasteiger partial charge < -0.3 is 16.2 Å². The average molecular weight is 267 g/mol. The van der Waals surface area contributed by atoms with Gasteiger partial charge in [-0.05, 0) is 19.3 Å². The summed E-state index contributed by atoms with van der Waals surface area (Å²) in [6, 6.07) is -0.790. The number of carbonyl (C=O) groups is 2. The first-order valence-electron chi connectivity index (χ1n) is 4.39. The van der Waals surface area contributed by atoms with Gasteiger partial charge in [-0.2, -0.15) is 0 Å². The van der Waals surface area contributed by atoms with Crippen molar-refractivity contribution in [2.45, 2.75) is 25.3 Å². The number of aliphatic carboxylic acids is 1. The predicted molar refractivity (Wildman–Crippen MR) is 56.3 cm³/mol. The minimum atomic E-state index is -0.977. The molecule has 0 radical (unpaired) electrons. The van der Waals surface area contributed by atoms with E-state index in [1.54, 1.807) is 0 Å². The van der Waals surface area contributed by atoms with Gasteiger partial charge >= 0.3 is 5.97 Å². The van der Waals surface area contributed by atoms with Gasteiger partial charge in [-0.3, -0.25) is 9.59 Å². The van der Waals surface area contributed by atoms with E-state index in [9.17, 15) is 9.59 Å². The molecule has 0 aliphatic rings. The largest absolute Gasteiger partial charge is 0.480 e. The quantitative estimate of drug-likeness (QED) is 0.450. The van der Waals surface area contributed by atoms with Crippen LogP contribution in [0.3, 0.4) is 0 Å². The van der Waals surface area contributed by atoms with Gasteiger partial charge in [0.1, 0.15) is 6.04 Å². The van der Waals surface area contributed by atoms with Crippen molar-refractivity contribution in [2.75, 3.05) is 11.9 Å². The highest BCUT2D eigenvalue weighted by Gasteiger charge is 2.09. The van der Waals surface area contributed by atoms with E-state index >= 15 is 0 Å². The lowest BCUT2D eigenvalue weighted by molar-refractivity contribution is -0.138. The van der Waals surface area contributed by atoms with Crippen LogP contribution in [0.25, 0.3) is 0 Å². The fourth-order valence-corrected chi connectivity index (χ4v) is 1.09. The fourth-order valence-electron chi connectivity index (χ4n) is 0.888. The molecule has 0 saturated heterocycles. The molecule has 0 aromatic carbocycles. The van der Waals surface area contributed by atoms with E-state index in [0.29, 0.717) is 24.7 Å². The van der Waals surface area contributed by atoms with E-state index in [2.05, 4.69) is 21.2 Å². The van der Waals surface area contributed by atoms with Crippen LogP contribution < -0.4 is 11.1 Å². The Morgan fingerprint density at radius 2 is 2.07 bits per heavy atom. The van der Waals surface area contributed by atoms with Crippen LogP contribution in [-0.2, 0) is 9.59 Å². The maximum atomic E-state index is 10.7. The van der Waals surface area contributed by atoms with Crippen LogP contribution in [0.4, 0.5) is 0 Å². The molecule has 0 spiro atoms. The summed E-state index contributed by atoms with van der Waals surface area (Å²) in [6.07, 6.45) is 1.90. The lowest BCUT2D eigenvalue weighted by Gasteiger charge is -2.06. The maximum absolute atomic E-state index is 10.7. The monoisotopic (exact) mass is 266 g/mol. The first kappa shape index (κ1) is 13.4. The summed E-state index contributed by atoms with van der Waals surface area (Å²) in [7, 11) is 0. The van der Waals surface area contributed by atoms with Crippen molar-refractivity contribution in [3.8, 4) is 0 Å². The summed E-state index contributed by atoms with van der Waals surface area (Å²) >= 11 is 3.02. The zero-order chi connectivity index (χ0) is 11.0. The van der Waals surface area contributed by atoms with Crippen LogP contribution in [0.2, 0.25) is 0 Å². The lowest BCUT2D eigenvalue weighted by atomic mass is 10.1. The Morgan fingerprint density at radius 1 is 1.43 bits per heavy atom. The second-order valence-corrected chi connectivity index (χ2v) is 3.48. The minimum Gasteiger partial charge on any atom is -0.480 e. The summed E-state index contributed by atoms with van der Waals surface area (Å²) in [4.78, 5) is 21.1. The highest BCUT2D eigenvalue weighted by Crippen LogP contribution is 1.98. The summed E-state index contributed by atoms with van der Waals surface area (Å²) in [5.41, 5.74) is 5.29. The number of amides is 1. The molecule has 0 aliphatic carbocycles. The molecule has 0 rings (SSSR count). The second kappa shape index (κ2) is 7.75. The first-order chi connectivity index (χ1) is 6.57. The molecule has 0 bridgehead atoms. The third kappa shape index (κ3) is 6.85. The molecule has 1 atom stereocenters. The summed E-state index contributed by atoms with van der Waals surface area (Å²) < 4.78 is 0. The van der Waals surface area contributed by atoms with Gasteiger partial charge in [-0.1, -0.05) is 15.9 Å². The fraction of sp³-hybridized carbons (Fsp3) is 0.750. The molecule has 82 valence electrons. The Balaban J connectivity index is 3.30. The van der Waals surface area contributed by atoms with Crippen LogP contribution in [0.15, 0.2) is 0 Å². The molecule has 0 fully saturated rings. The topological polar surface area (TPSA) is 92.4 Å². The number of carbonyl (C=O) groups excluding carboxylic acids is 1. The molecule has 14 heavy (non-hydrogen) atoms. The normalized spacial score (nSPS) is 12.1. The number of alkyl halides is 1. The predicted octanol–water partition coefficient (Wildman–Crippen LogP) is 0.0797. The number of hydrogen-bond donors (Lipinski definition) is 3. The molecule has 0 unspecified atom stereocenters. The molecule has 5 nitrogen and oxygen atoms in total. The third-order valence-corrected chi connectivity index (χ3v) is 2.21. The van der Waals surface area contributed by atoms with Gasteiger partial charge in [-0.25, -0.2) is 0 Å². The second-order valence-electron chi connectivity index (χ2n) is 2.92. The van der Waals surface area contributed by atoms with Crippen molar-refractivity contribution in [2.24, 2.45) is 5.73 Å². The number of rotatable bonds is 7. The van der Waals surface area contributed by atoms with Gasteiger partial charge in [0.25, 0.3) is 0 Å². The standard InChI is InChI=1S/C8H15BrN2O3/c9-5-7(12)11-4-2-1-3-6(10)8(13)14/h6H,1-5,10H2,(H,11,12)(H,13,14)/t6-/m0/s1. The Bertz CT molecular complexity index is 199. The average Bonchev–Trinajstić information content (AvgIpc) is 2.16. The van der Waals surface area contributed by atoms with Crippen LogP contribution >= 0.6 is 15.9 Å². The molecular formula is C8H15BrN2O3. The molecule has 0 aliphatic heterocycles. The van der Waals surface area contributed by atoms with E-state index < -0.39 is 12.0 Å². The van der Waals surface area contributed by atoms with Crippen LogP contribution in [0.1, 0.15) is 19.3 Å². The lowest BCUT2D eigenvalue weighted by Crippen LogP contribution is -2.30. The van der Waals surface area contributed by atoms with Gasteiger partial charge in [0.2, 0.25) is 5.91 Å². The highest BCUT2D eigenvalue weighted by molar-refractivity contribution is 9.09. The van der Waals surface area contributed by atoms with E-state index in [-0.39, 0.29) is 5.91 Å². The van der Waals surface area contributed by atoms with Crippen LogP contribution in [0, 0.1) is 0 Å². The Labute approximate surface area is 91.2 Å². The SMILES string of the molecule is N[C@@H](CCCCNC(=O)CBr)C(=O)O. The smallest absolute Gasteiger partial charge is 0.320 e. The third-order valence-electron chi connectivity index (χ3n) is 1.70. The number of unbranched alkanes of at least 4 members (excludes halogenated alkanes) is 1. The van der Waals surface area contributed by atoms with Gasteiger partial charge in [0.15, 0.2) is 0 Å². The maximum Gasteiger partial charge on any atom is 0.320 e. The molecule has 0 aromatic rings. The Kier molecular flexibility index (Phi) is 7.41. The molecule has 6 heteroatoms. The summed E-state index contributed by atoms with van der Waals surface area (Å²) in [5, 5.41) is 11.4. The van der Waals surface area contributed by atoms with Crippen molar-refractivity contribution >= 4 is 27.8 Å². The van der Waals surface area contributed by atoms with Crippen molar-refractivity contribution < 1.29 is 14.7 Å². The van der Waals surface area contributed by atoms with E-state index in [4.69, 9.17) is 10.8 Å². The van der Waals surface area contributed by atoms with E-state index in [1.807, 2.05) is 0 Å². The van der Waals surface area contributed by atoms with Crippen molar-refractivity contribution in [1.82, 2.24) is 5.32 Å². The van der Waals surface area contributed by atoms with Crippen LogP contribution in [0.5, 0.6) is 0 Å². The summed E-state index contributed by atoms with van der Waals surface area (Å²) in [6.45, 7) is 0.566. The molecular weight excluding hydrogens is 252 g/mol. The number of carboxylic acid groups (broad SMARTS) is 1. The van der Waals surface area contributed by atoms with E-state index in [0.717, 1.165) is 6.42 Å². The number of halogens is 1. The van der Waals surface area contributed by atoms with Crippen molar-refractivity contribution in [3.63, 3.8) is 0 Å². The number of nitrogens with one attached hydrogen (secondary N) is 1. The summed E-state index contributed by atoms with van der Waals surface area (Å²) in [5.74, 6) is -1.04. The highest BCUT2D eigenvalue weighted by atomic mass is 79.9.